The van der Waals surface area contributed by atoms with Crippen LogP contribution in [-0.2, 0) is 0 Å². The van der Waals surface area contributed by atoms with Crippen LogP contribution in [-0.4, -0.2) is 18.7 Å². The van der Waals surface area contributed by atoms with Crippen LogP contribution < -0.4 is 10.5 Å². The molecule has 106 valence electrons. The van der Waals surface area contributed by atoms with Gasteiger partial charge in [0.15, 0.2) is 5.78 Å². The lowest BCUT2D eigenvalue weighted by Crippen LogP contribution is -2.25. The van der Waals surface area contributed by atoms with Gasteiger partial charge in [-0.1, -0.05) is 25.5 Å². The third-order valence-corrected chi connectivity index (χ3v) is 2.67. The number of hydrogen-bond donors (Lipinski definition) is 1. The van der Waals surface area contributed by atoms with Crippen LogP contribution in [0.2, 0.25) is 0 Å². The SMILES string of the molecule is CCCC(CN)C(=O)c1ccccc1OC(F)(F)F. The molecule has 1 unspecified atom stereocenters. The van der Waals surface area contributed by atoms with Crippen molar-refractivity contribution in [2.24, 2.45) is 11.7 Å². The number of carbonyl (C=O) groups excluding carboxylic acids is 1. The zero-order valence-corrected chi connectivity index (χ0v) is 10.5. The number of nitrogens with two attached hydrogens (primary N) is 1. The molecular weight excluding hydrogens is 259 g/mol. The average molecular weight is 275 g/mol. The highest BCUT2D eigenvalue weighted by atomic mass is 19.4. The van der Waals surface area contributed by atoms with Gasteiger partial charge in [-0.15, -0.1) is 13.2 Å². The minimum Gasteiger partial charge on any atom is -0.405 e. The fourth-order valence-corrected chi connectivity index (χ4v) is 1.81. The number of Topliss-reactive ketones (excluding diaryl/α,β-unsaturated/α-hetero) is 1. The molecule has 1 aromatic rings. The Hall–Kier alpha value is -1.56. The molecule has 0 aliphatic rings. The molecule has 1 aromatic carbocycles. The number of halogens is 3. The minimum atomic E-state index is -4.82. The molecule has 19 heavy (non-hydrogen) atoms. The molecule has 6 heteroatoms. The summed E-state index contributed by atoms with van der Waals surface area (Å²) in [5, 5.41) is 0. The van der Waals surface area contributed by atoms with E-state index in [0.717, 1.165) is 12.5 Å². The molecule has 0 spiro atoms. The van der Waals surface area contributed by atoms with E-state index in [1.807, 2.05) is 6.92 Å². The summed E-state index contributed by atoms with van der Waals surface area (Å²) in [7, 11) is 0. The van der Waals surface area contributed by atoms with Gasteiger partial charge in [-0.05, 0) is 18.6 Å². The number of para-hydroxylation sites is 1. The van der Waals surface area contributed by atoms with Crippen molar-refractivity contribution in [1.82, 2.24) is 0 Å². The normalized spacial score (nSPS) is 13.1. The Morgan fingerprint density at radius 1 is 1.37 bits per heavy atom. The summed E-state index contributed by atoms with van der Waals surface area (Å²) in [4.78, 5) is 12.1. The van der Waals surface area contributed by atoms with E-state index in [1.54, 1.807) is 0 Å². The molecule has 1 rings (SSSR count). The van der Waals surface area contributed by atoms with Crippen LogP contribution in [0.3, 0.4) is 0 Å². The molecule has 3 nitrogen and oxygen atoms in total. The minimum absolute atomic E-state index is 0.0799. The second-order valence-corrected chi connectivity index (χ2v) is 4.13. The van der Waals surface area contributed by atoms with E-state index in [4.69, 9.17) is 5.73 Å². The van der Waals surface area contributed by atoms with E-state index < -0.39 is 23.8 Å². The predicted octanol–water partition coefficient (Wildman–Crippen LogP) is 3.14. The van der Waals surface area contributed by atoms with Crippen LogP contribution in [0.25, 0.3) is 0 Å². The molecule has 0 amide bonds. The van der Waals surface area contributed by atoms with E-state index in [2.05, 4.69) is 4.74 Å². The Bertz CT molecular complexity index is 432. The van der Waals surface area contributed by atoms with Gasteiger partial charge in [0.05, 0.1) is 5.56 Å². The van der Waals surface area contributed by atoms with Gasteiger partial charge in [0, 0.05) is 12.5 Å². The fraction of sp³-hybridized carbons (Fsp3) is 0.462. The van der Waals surface area contributed by atoms with Crippen molar-refractivity contribution < 1.29 is 22.7 Å². The van der Waals surface area contributed by atoms with Crippen LogP contribution in [0.4, 0.5) is 13.2 Å². The number of ketones is 1. The first kappa shape index (κ1) is 15.5. The summed E-state index contributed by atoms with van der Waals surface area (Å²) in [5.74, 6) is -1.37. The zero-order valence-electron chi connectivity index (χ0n) is 10.5. The number of carbonyl (C=O) groups is 1. The lowest BCUT2D eigenvalue weighted by molar-refractivity contribution is -0.274. The highest BCUT2D eigenvalue weighted by Crippen LogP contribution is 2.28. The summed E-state index contributed by atoms with van der Waals surface area (Å²) in [5.41, 5.74) is 5.41. The monoisotopic (exact) mass is 275 g/mol. The van der Waals surface area contributed by atoms with Crippen LogP contribution in [0.15, 0.2) is 24.3 Å². The van der Waals surface area contributed by atoms with Crippen molar-refractivity contribution in [3.05, 3.63) is 29.8 Å². The highest BCUT2D eigenvalue weighted by Gasteiger charge is 2.33. The van der Waals surface area contributed by atoms with Crippen molar-refractivity contribution in [2.75, 3.05) is 6.54 Å². The number of hydrogen-bond acceptors (Lipinski definition) is 3. The van der Waals surface area contributed by atoms with Crippen molar-refractivity contribution in [3.8, 4) is 5.75 Å². The topological polar surface area (TPSA) is 52.3 Å². The van der Waals surface area contributed by atoms with Crippen LogP contribution in [0, 0.1) is 5.92 Å². The summed E-state index contributed by atoms with van der Waals surface area (Å²) < 4.78 is 40.6. The van der Waals surface area contributed by atoms with Gasteiger partial charge in [-0.2, -0.15) is 0 Å². The van der Waals surface area contributed by atoms with Gasteiger partial charge in [0.1, 0.15) is 5.75 Å². The number of benzene rings is 1. The Morgan fingerprint density at radius 2 is 2.00 bits per heavy atom. The van der Waals surface area contributed by atoms with E-state index in [1.165, 1.54) is 18.2 Å². The predicted molar refractivity (Wildman–Crippen MR) is 64.9 cm³/mol. The lowest BCUT2D eigenvalue weighted by Gasteiger charge is -2.16. The van der Waals surface area contributed by atoms with Crippen molar-refractivity contribution >= 4 is 5.78 Å². The molecule has 0 bridgehead atoms. The Kier molecular flexibility index (Phi) is 5.35. The number of alkyl halides is 3. The maximum Gasteiger partial charge on any atom is 0.573 e. The van der Waals surface area contributed by atoms with E-state index in [0.29, 0.717) is 6.42 Å². The molecular formula is C13H16F3NO2. The van der Waals surface area contributed by atoms with E-state index in [-0.39, 0.29) is 12.1 Å². The molecule has 2 N–H and O–H groups in total. The quantitative estimate of drug-likeness (QED) is 0.811. The third kappa shape index (κ3) is 4.55. The fourth-order valence-electron chi connectivity index (χ4n) is 1.81. The number of rotatable bonds is 6. The molecule has 0 saturated heterocycles. The van der Waals surface area contributed by atoms with E-state index >= 15 is 0 Å². The second-order valence-electron chi connectivity index (χ2n) is 4.13. The molecule has 0 radical (unpaired) electrons. The van der Waals surface area contributed by atoms with Gasteiger partial charge in [0.2, 0.25) is 0 Å². The summed E-state index contributed by atoms with van der Waals surface area (Å²) in [6, 6.07) is 5.33. The molecule has 0 saturated carbocycles. The number of ether oxygens (including phenoxy) is 1. The van der Waals surface area contributed by atoms with E-state index in [9.17, 15) is 18.0 Å². The highest BCUT2D eigenvalue weighted by molar-refractivity contribution is 6.00. The van der Waals surface area contributed by atoms with Gasteiger partial charge in [-0.3, -0.25) is 4.79 Å². The van der Waals surface area contributed by atoms with Gasteiger partial charge in [0.25, 0.3) is 0 Å². The van der Waals surface area contributed by atoms with Gasteiger partial charge in [-0.25, -0.2) is 0 Å². The van der Waals surface area contributed by atoms with Gasteiger partial charge < -0.3 is 10.5 Å². The van der Waals surface area contributed by atoms with Crippen LogP contribution in [0.1, 0.15) is 30.1 Å². The average Bonchev–Trinajstić information content (AvgIpc) is 2.34. The van der Waals surface area contributed by atoms with Crippen LogP contribution in [0.5, 0.6) is 5.75 Å². The first-order chi connectivity index (χ1) is 8.89. The second kappa shape index (κ2) is 6.56. The molecule has 0 aliphatic heterocycles. The van der Waals surface area contributed by atoms with Crippen molar-refractivity contribution in [2.45, 2.75) is 26.1 Å². The Labute approximate surface area is 109 Å². The third-order valence-electron chi connectivity index (χ3n) is 2.67. The Morgan fingerprint density at radius 3 is 2.53 bits per heavy atom. The van der Waals surface area contributed by atoms with Crippen molar-refractivity contribution in [3.63, 3.8) is 0 Å². The summed E-state index contributed by atoms with van der Waals surface area (Å²) in [6.07, 6.45) is -3.55. The lowest BCUT2D eigenvalue weighted by atomic mass is 9.93. The first-order valence-corrected chi connectivity index (χ1v) is 5.98. The molecule has 0 aliphatic carbocycles. The maximum absolute atomic E-state index is 12.3. The Balaban J connectivity index is 3.02. The largest absolute Gasteiger partial charge is 0.573 e. The standard InChI is InChI=1S/C13H16F3NO2/c1-2-5-9(8-17)12(18)10-6-3-4-7-11(10)19-13(14,15)16/h3-4,6-7,9H,2,5,8,17H2,1H3. The van der Waals surface area contributed by atoms with Crippen molar-refractivity contribution in [1.29, 1.82) is 0 Å². The molecule has 0 aromatic heterocycles. The molecule has 0 heterocycles. The summed E-state index contributed by atoms with van der Waals surface area (Å²) in [6.45, 7) is 1.99. The zero-order chi connectivity index (χ0) is 14.5. The molecule has 1 atom stereocenters. The molecule has 0 fully saturated rings. The maximum atomic E-state index is 12.3. The summed E-state index contributed by atoms with van der Waals surface area (Å²) >= 11 is 0. The smallest absolute Gasteiger partial charge is 0.405 e. The first-order valence-electron chi connectivity index (χ1n) is 5.98. The van der Waals surface area contributed by atoms with Crippen LogP contribution >= 0.6 is 0 Å². The van der Waals surface area contributed by atoms with Gasteiger partial charge >= 0.3 is 6.36 Å².